The van der Waals surface area contributed by atoms with Gasteiger partial charge in [-0.15, -0.1) is 0 Å². The summed E-state index contributed by atoms with van der Waals surface area (Å²) < 4.78 is 33.2. The second-order valence-corrected chi connectivity index (χ2v) is 28.7. The van der Waals surface area contributed by atoms with Gasteiger partial charge >= 0.3 is 19.8 Å². The summed E-state index contributed by atoms with van der Waals surface area (Å²) in [5.74, 6) is -0.862. The molecule has 0 bridgehead atoms. The van der Waals surface area contributed by atoms with Crippen molar-refractivity contribution in [3.63, 3.8) is 0 Å². The first kappa shape index (κ1) is 94.9. The SMILES string of the molecule is CC/C=C\C/C=C\C/C=C\C/C=C\C/C=C\C/C=C\C/C=C\C/C=C\C/C=C\C/C=C\C/C=C\CCCCCC(=O)OC(COC(=O)CCCCCCCCCCCCCCCCCCCCCCCCCCCCCCC/C=C\CCCCCCCCCC)COP(=O)(O)OCCN. The lowest BCUT2D eigenvalue weighted by atomic mass is 10.0. The van der Waals surface area contributed by atoms with E-state index < -0.39 is 26.5 Å². The van der Waals surface area contributed by atoms with Gasteiger partial charge in [0.1, 0.15) is 6.61 Å². The van der Waals surface area contributed by atoms with Crippen molar-refractivity contribution in [1.29, 1.82) is 0 Å². The molecule has 0 aromatic rings. The molecule has 0 aromatic carbocycles. The van der Waals surface area contributed by atoms with Crippen LogP contribution in [0.1, 0.15) is 373 Å². The molecule has 0 spiro atoms. The number of unbranched alkanes of at least 4 members (excludes halogenated alkanes) is 40. The van der Waals surface area contributed by atoms with Crippen LogP contribution in [0.3, 0.4) is 0 Å². The van der Waals surface area contributed by atoms with Crippen LogP contribution in [0.2, 0.25) is 0 Å². The first-order chi connectivity index (χ1) is 48.8. The largest absolute Gasteiger partial charge is 0.472 e. The molecular weight excluding hydrogens is 1240 g/mol. The molecule has 568 valence electrons. The molecule has 99 heavy (non-hydrogen) atoms. The van der Waals surface area contributed by atoms with Gasteiger partial charge in [-0.2, -0.15) is 0 Å². The Morgan fingerprint density at radius 1 is 0.313 bits per heavy atom. The third-order valence-electron chi connectivity index (χ3n) is 17.7. The van der Waals surface area contributed by atoms with Crippen molar-refractivity contribution in [2.45, 2.75) is 380 Å². The zero-order valence-corrected chi connectivity index (χ0v) is 65.1. The highest BCUT2D eigenvalue weighted by Gasteiger charge is 2.26. The van der Waals surface area contributed by atoms with Gasteiger partial charge in [0.2, 0.25) is 0 Å². The van der Waals surface area contributed by atoms with Crippen LogP contribution < -0.4 is 5.73 Å². The van der Waals surface area contributed by atoms with E-state index in [0.29, 0.717) is 6.42 Å². The number of carbonyl (C=O) groups excluding carboxylic acids is 2. The zero-order chi connectivity index (χ0) is 71.5. The van der Waals surface area contributed by atoms with Gasteiger partial charge in [0.25, 0.3) is 0 Å². The number of nitrogens with two attached hydrogens (primary N) is 1. The van der Waals surface area contributed by atoms with Crippen LogP contribution in [0.5, 0.6) is 0 Å². The van der Waals surface area contributed by atoms with Crippen LogP contribution >= 0.6 is 7.82 Å². The van der Waals surface area contributed by atoms with Crippen molar-refractivity contribution < 1.29 is 37.6 Å². The number of esters is 2. The molecule has 0 heterocycles. The van der Waals surface area contributed by atoms with Crippen LogP contribution in [0.4, 0.5) is 0 Å². The molecule has 0 radical (unpaired) electrons. The van der Waals surface area contributed by atoms with Gasteiger partial charge in [-0.05, 0) is 122 Å². The molecule has 0 aromatic heterocycles. The average Bonchev–Trinajstić information content (AvgIpc) is 1.64. The van der Waals surface area contributed by atoms with E-state index in [1.165, 1.54) is 231 Å². The Bertz CT molecular complexity index is 2150. The fourth-order valence-electron chi connectivity index (χ4n) is 11.6. The molecule has 2 atom stereocenters. The van der Waals surface area contributed by atoms with Crippen LogP contribution in [-0.4, -0.2) is 49.3 Å². The lowest BCUT2D eigenvalue weighted by Crippen LogP contribution is -2.29. The Balaban J connectivity index is 3.87. The Hall–Kier alpha value is -4.11. The Morgan fingerprint density at radius 2 is 0.556 bits per heavy atom. The van der Waals surface area contributed by atoms with Gasteiger partial charge in [-0.3, -0.25) is 18.6 Å². The van der Waals surface area contributed by atoms with E-state index in [9.17, 15) is 19.0 Å². The molecule has 3 N–H and O–H groups in total. The Morgan fingerprint density at radius 3 is 0.848 bits per heavy atom. The molecule has 0 aliphatic carbocycles. The predicted octanol–water partition coefficient (Wildman–Crippen LogP) is 28.1. The van der Waals surface area contributed by atoms with E-state index in [1.54, 1.807) is 0 Å². The summed E-state index contributed by atoms with van der Waals surface area (Å²) in [5, 5.41) is 0. The molecule has 9 nitrogen and oxygen atoms in total. The highest BCUT2D eigenvalue weighted by molar-refractivity contribution is 7.47. The fraction of sp³-hybridized carbons (Fsp3) is 0.708. The summed E-state index contributed by atoms with van der Waals surface area (Å²) >= 11 is 0. The summed E-state index contributed by atoms with van der Waals surface area (Å²) in [6.45, 7) is 3.62. The number of phosphoric ester groups is 1. The number of hydrogen-bond acceptors (Lipinski definition) is 8. The summed E-state index contributed by atoms with van der Waals surface area (Å²) in [4.78, 5) is 35.5. The predicted molar refractivity (Wildman–Crippen MR) is 431 cm³/mol. The van der Waals surface area contributed by atoms with Gasteiger partial charge in [-0.1, -0.05) is 384 Å². The standard InChI is InChI=1S/C89H154NO8P/c1-3-5-7-9-11-13-15-17-19-21-23-25-27-29-31-33-35-37-39-41-42-43-44-46-47-49-51-53-55-57-59-61-63-65-67-69-71-73-75-77-79-81-88(91)95-85-87(86-97-99(93,94)96-84-83-90)98-89(92)82-80-78-76-74-72-70-68-66-64-62-60-58-56-54-52-50-48-45-40-38-36-34-32-30-28-26-24-22-20-18-16-14-12-10-8-6-4-2/h6,8,12,14,18,20-21,23-24,26,30,32,36,38,45,48,52,54,58,60,64,66,70,72,87H,3-5,7,9-11,13,15-17,19,22,25,27-29,31,33-35,37,39-44,46-47,49-51,53,55-57,59,61-63,65,67-69,71,73-86,90H2,1-2H3,(H,93,94)/b8-6-,14-12-,20-18-,23-21-,26-24-,32-30-,38-36-,48-45-,54-52-,60-58-,66-64-,72-70-. The highest BCUT2D eigenvalue weighted by Crippen LogP contribution is 2.43. The smallest absolute Gasteiger partial charge is 0.462 e. The maximum atomic E-state index is 12.8. The Labute approximate surface area is 611 Å². The molecule has 0 fully saturated rings. The van der Waals surface area contributed by atoms with Gasteiger partial charge < -0.3 is 20.1 Å². The first-order valence-corrected chi connectivity index (χ1v) is 42.8. The van der Waals surface area contributed by atoms with Gasteiger partial charge in [0.05, 0.1) is 13.2 Å². The monoisotopic (exact) mass is 1400 g/mol. The van der Waals surface area contributed by atoms with E-state index in [-0.39, 0.29) is 38.6 Å². The first-order valence-electron chi connectivity index (χ1n) is 41.3. The fourth-order valence-corrected chi connectivity index (χ4v) is 12.4. The summed E-state index contributed by atoms with van der Waals surface area (Å²) in [6, 6.07) is 0. The van der Waals surface area contributed by atoms with Crippen LogP contribution in [0.15, 0.2) is 146 Å². The lowest BCUT2D eigenvalue weighted by molar-refractivity contribution is -0.161. The lowest BCUT2D eigenvalue weighted by Gasteiger charge is -2.19. The highest BCUT2D eigenvalue weighted by atomic mass is 31.2. The maximum absolute atomic E-state index is 12.8. The zero-order valence-electron chi connectivity index (χ0n) is 64.2. The van der Waals surface area contributed by atoms with Gasteiger partial charge in [0.15, 0.2) is 6.10 Å². The third kappa shape index (κ3) is 82.7. The molecule has 0 rings (SSSR count). The van der Waals surface area contributed by atoms with E-state index in [4.69, 9.17) is 24.3 Å². The van der Waals surface area contributed by atoms with E-state index in [0.717, 1.165) is 109 Å². The molecule has 0 saturated heterocycles. The maximum Gasteiger partial charge on any atom is 0.472 e. The molecule has 0 aliphatic heterocycles. The van der Waals surface area contributed by atoms with Gasteiger partial charge in [0, 0.05) is 19.4 Å². The normalized spacial score (nSPS) is 13.6. The van der Waals surface area contributed by atoms with Gasteiger partial charge in [-0.25, -0.2) is 4.57 Å². The number of phosphoric acid groups is 1. The molecular formula is C89H154NO8P. The number of allylic oxidation sites excluding steroid dienone is 24. The molecule has 0 amide bonds. The summed E-state index contributed by atoms with van der Waals surface area (Å²) in [7, 11) is -4.42. The minimum absolute atomic E-state index is 0.0419. The molecule has 0 saturated carbocycles. The second-order valence-electron chi connectivity index (χ2n) is 27.3. The average molecular weight is 1400 g/mol. The van der Waals surface area contributed by atoms with E-state index in [1.807, 2.05) is 0 Å². The van der Waals surface area contributed by atoms with Crippen LogP contribution in [0, 0.1) is 0 Å². The second kappa shape index (κ2) is 82.8. The van der Waals surface area contributed by atoms with E-state index in [2.05, 4.69) is 160 Å². The number of hydrogen-bond donors (Lipinski definition) is 2. The van der Waals surface area contributed by atoms with Crippen molar-refractivity contribution in [3.8, 4) is 0 Å². The molecule has 2 unspecified atom stereocenters. The van der Waals surface area contributed by atoms with Crippen LogP contribution in [0.25, 0.3) is 0 Å². The molecule has 10 heteroatoms. The Kier molecular flexibility index (Phi) is 79.4. The number of rotatable bonds is 77. The third-order valence-corrected chi connectivity index (χ3v) is 18.7. The van der Waals surface area contributed by atoms with Crippen molar-refractivity contribution in [2.75, 3.05) is 26.4 Å². The van der Waals surface area contributed by atoms with E-state index >= 15 is 0 Å². The minimum Gasteiger partial charge on any atom is -0.462 e. The van der Waals surface area contributed by atoms with Crippen molar-refractivity contribution in [3.05, 3.63) is 146 Å². The number of carbonyl (C=O) groups is 2. The summed E-state index contributed by atoms with van der Waals surface area (Å²) in [5.41, 5.74) is 5.41. The number of ether oxygens (including phenoxy) is 2. The topological polar surface area (TPSA) is 134 Å². The quantitative estimate of drug-likeness (QED) is 0.0264. The minimum atomic E-state index is -4.42. The summed E-state index contributed by atoms with van der Waals surface area (Å²) in [6.07, 6.45) is 120. The molecule has 0 aliphatic rings. The van der Waals surface area contributed by atoms with Crippen molar-refractivity contribution in [1.82, 2.24) is 0 Å². The van der Waals surface area contributed by atoms with Crippen LogP contribution in [-0.2, 0) is 32.7 Å². The van der Waals surface area contributed by atoms with Crippen molar-refractivity contribution in [2.24, 2.45) is 5.73 Å². The van der Waals surface area contributed by atoms with Crippen molar-refractivity contribution >= 4 is 19.8 Å².